The van der Waals surface area contributed by atoms with E-state index in [2.05, 4.69) is 5.32 Å². The van der Waals surface area contributed by atoms with Crippen LogP contribution in [-0.2, 0) is 6.61 Å². The summed E-state index contributed by atoms with van der Waals surface area (Å²) in [6.07, 6.45) is 0. The van der Waals surface area contributed by atoms with Crippen LogP contribution in [0.3, 0.4) is 0 Å². The van der Waals surface area contributed by atoms with Crippen molar-refractivity contribution in [2.75, 3.05) is 5.32 Å². The van der Waals surface area contributed by atoms with Gasteiger partial charge in [0.05, 0.1) is 5.02 Å². The first-order valence-corrected chi connectivity index (χ1v) is 8.41. The van der Waals surface area contributed by atoms with Crippen LogP contribution in [-0.4, -0.2) is 5.91 Å². The van der Waals surface area contributed by atoms with E-state index in [0.29, 0.717) is 28.0 Å². The van der Waals surface area contributed by atoms with Gasteiger partial charge in [0.15, 0.2) is 0 Å². The fourth-order valence-corrected chi connectivity index (χ4v) is 2.58. The van der Waals surface area contributed by atoms with Crippen LogP contribution in [0.15, 0.2) is 72.8 Å². The Morgan fingerprint density at radius 2 is 1.60 bits per heavy atom. The molecule has 0 atom stereocenters. The molecule has 0 bridgehead atoms. The molecule has 0 unspecified atom stereocenters. The van der Waals surface area contributed by atoms with Gasteiger partial charge in [0, 0.05) is 11.3 Å². The van der Waals surface area contributed by atoms with E-state index in [1.165, 1.54) is 0 Å². The lowest BCUT2D eigenvalue weighted by atomic mass is 10.1. The quantitative estimate of drug-likeness (QED) is 0.612. The summed E-state index contributed by atoms with van der Waals surface area (Å²) in [6.45, 7) is 0.334. The van der Waals surface area contributed by atoms with Crippen molar-refractivity contribution in [3.05, 3.63) is 94.0 Å². The number of carbonyl (C=O) groups is 1. The number of para-hydroxylation sites is 1. The van der Waals surface area contributed by atoms with Gasteiger partial charge in [-0.1, -0.05) is 59.6 Å². The van der Waals surface area contributed by atoms with Crippen molar-refractivity contribution in [2.45, 2.75) is 6.61 Å². The number of carbonyl (C=O) groups excluding carboxylic acids is 1. The average molecular weight is 372 g/mol. The van der Waals surface area contributed by atoms with E-state index in [0.717, 1.165) is 11.3 Å². The van der Waals surface area contributed by atoms with Gasteiger partial charge in [-0.15, -0.1) is 0 Å². The lowest BCUT2D eigenvalue weighted by Gasteiger charge is -2.10. The molecule has 3 rings (SSSR count). The highest BCUT2D eigenvalue weighted by molar-refractivity contribution is 6.42. The van der Waals surface area contributed by atoms with E-state index in [4.69, 9.17) is 27.9 Å². The smallest absolute Gasteiger partial charge is 0.255 e. The molecule has 0 aromatic heterocycles. The number of ether oxygens (including phenoxy) is 1. The zero-order chi connectivity index (χ0) is 17.6. The monoisotopic (exact) mass is 371 g/mol. The Kier molecular flexibility index (Phi) is 5.59. The van der Waals surface area contributed by atoms with Crippen molar-refractivity contribution in [3.8, 4) is 5.75 Å². The van der Waals surface area contributed by atoms with Crippen molar-refractivity contribution < 1.29 is 9.53 Å². The Balaban J connectivity index is 1.62. The van der Waals surface area contributed by atoms with Gasteiger partial charge in [0.2, 0.25) is 0 Å². The molecule has 0 radical (unpaired) electrons. The van der Waals surface area contributed by atoms with E-state index in [1.807, 2.05) is 42.5 Å². The van der Waals surface area contributed by atoms with Crippen LogP contribution in [0.2, 0.25) is 10.0 Å². The fourth-order valence-electron chi connectivity index (χ4n) is 2.23. The maximum absolute atomic E-state index is 12.2. The summed E-state index contributed by atoms with van der Waals surface area (Å²) in [4.78, 5) is 12.2. The van der Waals surface area contributed by atoms with Crippen LogP contribution in [0.1, 0.15) is 15.9 Å². The van der Waals surface area contributed by atoms with Gasteiger partial charge in [0.1, 0.15) is 17.4 Å². The van der Waals surface area contributed by atoms with Crippen LogP contribution < -0.4 is 10.1 Å². The third-order valence-electron chi connectivity index (χ3n) is 3.56. The molecular formula is C20H15Cl2NO2. The largest absolute Gasteiger partial charge is 0.487 e. The lowest BCUT2D eigenvalue weighted by Crippen LogP contribution is -2.11. The van der Waals surface area contributed by atoms with Crippen LogP contribution in [0.25, 0.3) is 0 Å². The highest BCUT2D eigenvalue weighted by atomic mass is 35.5. The van der Waals surface area contributed by atoms with E-state index in [9.17, 15) is 4.79 Å². The minimum absolute atomic E-state index is 0.156. The van der Waals surface area contributed by atoms with Crippen LogP contribution >= 0.6 is 23.2 Å². The molecule has 0 spiro atoms. The van der Waals surface area contributed by atoms with Crippen molar-refractivity contribution in [2.24, 2.45) is 0 Å². The summed E-state index contributed by atoms with van der Waals surface area (Å²) < 4.78 is 5.68. The maximum Gasteiger partial charge on any atom is 0.255 e. The molecule has 126 valence electrons. The number of nitrogens with one attached hydrogen (secondary N) is 1. The second-order valence-corrected chi connectivity index (χ2v) is 6.14. The van der Waals surface area contributed by atoms with Crippen molar-refractivity contribution in [3.63, 3.8) is 0 Å². The molecule has 0 aliphatic heterocycles. The molecule has 0 aliphatic rings. The zero-order valence-corrected chi connectivity index (χ0v) is 14.7. The standard InChI is InChI=1S/C20H15Cl2NO2/c21-17-7-4-8-18(19(17)22)25-13-14-9-11-15(12-10-14)20(24)23-16-5-2-1-3-6-16/h1-12H,13H2,(H,23,24). The van der Waals surface area contributed by atoms with Gasteiger partial charge in [-0.2, -0.15) is 0 Å². The van der Waals surface area contributed by atoms with E-state index in [-0.39, 0.29) is 5.91 Å². The topological polar surface area (TPSA) is 38.3 Å². The third kappa shape index (κ3) is 4.53. The molecule has 3 aromatic rings. The van der Waals surface area contributed by atoms with Gasteiger partial charge in [-0.25, -0.2) is 0 Å². The SMILES string of the molecule is O=C(Nc1ccccc1)c1ccc(COc2cccc(Cl)c2Cl)cc1. The second-order valence-electron chi connectivity index (χ2n) is 5.36. The van der Waals surface area contributed by atoms with Crippen LogP contribution in [0.4, 0.5) is 5.69 Å². The molecule has 3 nitrogen and oxygen atoms in total. The number of rotatable bonds is 5. The van der Waals surface area contributed by atoms with E-state index < -0.39 is 0 Å². The number of anilines is 1. The number of halogens is 2. The Hall–Kier alpha value is -2.49. The Bertz CT molecular complexity index is 865. The summed E-state index contributed by atoms with van der Waals surface area (Å²) in [5.41, 5.74) is 2.26. The molecule has 0 heterocycles. The lowest BCUT2D eigenvalue weighted by molar-refractivity contribution is 0.102. The molecule has 3 aromatic carbocycles. The highest BCUT2D eigenvalue weighted by Crippen LogP contribution is 2.31. The number of hydrogen-bond acceptors (Lipinski definition) is 2. The maximum atomic E-state index is 12.2. The van der Waals surface area contributed by atoms with E-state index in [1.54, 1.807) is 30.3 Å². The Morgan fingerprint density at radius 1 is 0.880 bits per heavy atom. The summed E-state index contributed by atoms with van der Waals surface area (Å²) in [5, 5.41) is 3.69. The third-order valence-corrected chi connectivity index (χ3v) is 4.36. The van der Waals surface area contributed by atoms with Gasteiger partial charge in [-0.05, 0) is 42.0 Å². The number of amides is 1. The highest BCUT2D eigenvalue weighted by Gasteiger charge is 2.08. The normalized spacial score (nSPS) is 10.3. The Labute approximate surface area is 156 Å². The molecule has 0 fully saturated rings. The molecule has 1 amide bonds. The van der Waals surface area contributed by atoms with Crippen LogP contribution in [0.5, 0.6) is 5.75 Å². The summed E-state index contributed by atoms with van der Waals surface area (Å²) >= 11 is 12.1. The fraction of sp³-hybridized carbons (Fsp3) is 0.0500. The molecule has 0 aliphatic carbocycles. The van der Waals surface area contributed by atoms with Gasteiger partial charge >= 0.3 is 0 Å². The predicted octanol–water partition coefficient (Wildman–Crippen LogP) is 5.82. The van der Waals surface area contributed by atoms with Crippen molar-refractivity contribution in [1.29, 1.82) is 0 Å². The first-order valence-electron chi connectivity index (χ1n) is 7.65. The average Bonchev–Trinajstić information content (AvgIpc) is 2.64. The molecule has 1 N–H and O–H groups in total. The number of benzene rings is 3. The Morgan fingerprint density at radius 3 is 2.32 bits per heavy atom. The second kappa shape index (κ2) is 8.06. The van der Waals surface area contributed by atoms with Gasteiger partial charge in [0.25, 0.3) is 5.91 Å². The zero-order valence-electron chi connectivity index (χ0n) is 13.2. The van der Waals surface area contributed by atoms with E-state index >= 15 is 0 Å². The summed E-state index contributed by atoms with van der Waals surface area (Å²) in [7, 11) is 0. The molecule has 25 heavy (non-hydrogen) atoms. The summed E-state index contributed by atoms with van der Waals surface area (Å²) in [6, 6.07) is 21.8. The minimum Gasteiger partial charge on any atom is -0.487 e. The predicted molar refractivity (Wildman–Crippen MR) is 102 cm³/mol. The summed E-state index contributed by atoms with van der Waals surface area (Å²) in [5.74, 6) is 0.372. The first-order chi connectivity index (χ1) is 12.1. The molecule has 0 saturated carbocycles. The molecular weight excluding hydrogens is 357 g/mol. The first kappa shape index (κ1) is 17.3. The minimum atomic E-state index is -0.156. The van der Waals surface area contributed by atoms with Gasteiger partial charge in [-0.3, -0.25) is 4.79 Å². The van der Waals surface area contributed by atoms with Gasteiger partial charge < -0.3 is 10.1 Å². The number of hydrogen-bond donors (Lipinski definition) is 1. The van der Waals surface area contributed by atoms with Crippen LogP contribution in [0, 0.1) is 0 Å². The molecule has 5 heteroatoms. The van der Waals surface area contributed by atoms with Crippen molar-refractivity contribution >= 4 is 34.8 Å². The van der Waals surface area contributed by atoms with Crippen molar-refractivity contribution in [1.82, 2.24) is 0 Å². The molecule has 0 saturated heterocycles.